The first-order chi connectivity index (χ1) is 9.07. The van der Waals surface area contributed by atoms with Gasteiger partial charge in [0, 0.05) is 12.1 Å². The molecule has 0 aromatic heterocycles. The van der Waals surface area contributed by atoms with Gasteiger partial charge in [0.15, 0.2) is 0 Å². The van der Waals surface area contributed by atoms with Crippen LogP contribution in [0.25, 0.3) is 0 Å². The Balaban J connectivity index is 2.28. The molecule has 3 unspecified atom stereocenters. The SMILES string of the molecule is CC(C)(N)C(C)(C)C(=O)N1CC2CCCC2C1C(=O)O. The van der Waals surface area contributed by atoms with E-state index in [4.69, 9.17) is 5.73 Å². The fraction of sp³-hybridized carbons (Fsp3) is 0.867. The third-order valence-electron chi connectivity index (χ3n) is 5.55. The summed E-state index contributed by atoms with van der Waals surface area (Å²) in [7, 11) is 0. The van der Waals surface area contributed by atoms with Crippen molar-refractivity contribution in [3.05, 3.63) is 0 Å². The van der Waals surface area contributed by atoms with Crippen molar-refractivity contribution in [3.8, 4) is 0 Å². The number of carboxylic acid groups (broad SMARTS) is 1. The van der Waals surface area contributed by atoms with Crippen molar-refractivity contribution in [2.24, 2.45) is 23.0 Å². The Kier molecular flexibility index (Phi) is 3.61. The van der Waals surface area contributed by atoms with E-state index in [2.05, 4.69) is 0 Å². The van der Waals surface area contributed by atoms with Gasteiger partial charge in [-0.25, -0.2) is 4.79 Å². The molecular weight excluding hydrogens is 256 g/mol. The number of fused-ring (bicyclic) bond motifs is 1. The molecule has 20 heavy (non-hydrogen) atoms. The summed E-state index contributed by atoms with van der Waals surface area (Å²) in [6.07, 6.45) is 3.02. The smallest absolute Gasteiger partial charge is 0.326 e. The van der Waals surface area contributed by atoms with Gasteiger partial charge in [-0.15, -0.1) is 0 Å². The maximum absolute atomic E-state index is 12.8. The number of likely N-dealkylation sites (tertiary alicyclic amines) is 1. The van der Waals surface area contributed by atoms with Crippen LogP contribution in [0, 0.1) is 17.3 Å². The van der Waals surface area contributed by atoms with Crippen LogP contribution in [0.3, 0.4) is 0 Å². The Morgan fingerprint density at radius 2 is 1.80 bits per heavy atom. The Morgan fingerprint density at radius 1 is 1.20 bits per heavy atom. The molecule has 0 radical (unpaired) electrons. The average molecular weight is 282 g/mol. The molecule has 114 valence electrons. The zero-order valence-electron chi connectivity index (χ0n) is 12.8. The topological polar surface area (TPSA) is 83.6 Å². The van der Waals surface area contributed by atoms with E-state index in [-0.39, 0.29) is 11.8 Å². The fourth-order valence-corrected chi connectivity index (χ4v) is 3.47. The number of nitrogens with two attached hydrogens (primary N) is 1. The molecule has 0 aromatic rings. The quantitative estimate of drug-likeness (QED) is 0.821. The van der Waals surface area contributed by atoms with Gasteiger partial charge in [-0.2, -0.15) is 0 Å². The van der Waals surface area contributed by atoms with Crippen molar-refractivity contribution in [3.63, 3.8) is 0 Å². The lowest BCUT2D eigenvalue weighted by Crippen LogP contribution is -2.58. The summed E-state index contributed by atoms with van der Waals surface area (Å²) in [4.78, 5) is 26.0. The van der Waals surface area contributed by atoms with Gasteiger partial charge in [-0.3, -0.25) is 4.79 Å². The Hall–Kier alpha value is -1.10. The highest BCUT2D eigenvalue weighted by Crippen LogP contribution is 2.44. The maximum Gasteiger partial charge on any atom is 0.326 e. The molecule has 0 bridgehead atoms. The number of aliphatic carboxylic acids is 1. The minimum absolute atomic E-state index is 0.119. The third-order valence-corrected chi connectivity index (χ3v) is 5.55. The van der Waals surface area contributed by atoms with E-state index in [1.165, 1.54) is 0 Å². The van der Waals surface area contributed by atoms with Gasteiger partial charge in [0.05, 0.1) is 5.41 Å². The lowest BCUT2D eigenvalue weighted by Gasteiger charge is -2.41. The standard InChI is InChI=1S/C15H26N2O3/c1-14(2,15(3,4)16)13(20)17-8-9-6-5-7-10(9)11(17)12(18)19/h9-11H,5-8,16H2,1-4H3,(H,18,19). The summed E-state index contributed by atoms with van der Waals surface area (Å²) in [5.74, 6) is -0.546. The van der Waals surface area contributed by atoms with Crippen molar-refractivity contribution >= 4 is 11.9 Å². The second-order valence-corrected chi connectivity index (χ2v) is 7.44. The molecule has 1 aliphatic carbocycles. The van der Waals surface area contributed by atoms with Crippen molar-refractivity contribution < 1.29 is 14.7 Å². The zero-order chi connectivity index (χ0) is 15.3. The second-order valence-electron chi connectivity index (χ2n) is 7.44. The van der Waals surface area contributed by atoms with Crippen LogP contribution in [-0.4, -0.2) is 40.0 Å². The van der Waals surface area contributed by atoms with Gasteiger partial charge in [-0.05, 0) is 52.4 Å². The maximum atomic E-state index is 12.8. The molecule has 2 rings (SSSR count). The lowest BCUT2D eigenvalue weighted by molar-refractivity contribution is -0.155. The number of hydrogen-bond acceptors (Lipinski definition) is 3. The number of rotatable bonds is 3. The van der Waals surface area contributed by atoms with Crippen molar-refractivity contribution in [2.75, 3.05) is 6.54 Å². The molecular formula is C15H26N2O3. The van der Waals surface area contributed by atoms with Crippen molar-refractivity contribution in [1.82, 2.24) is 4.90 Å². The molecule has 2 fully saturated rings. The van der Waals surface area contributed by atoms with Gasteiger partial charge in [0.1, 0.15) is 6.04 Å². The minimum Gasteiger partial charge on any atom is -0.480 e. The summed E-state index contributed by atoms with van der Waals surface area (Å²) >= 11 is 0. The predicted octanol–water partition coefficient (Wildman–Crippen LogP) is 1.46. The highest BCUT2D eigenvalue weighted by molar-refractivity contribution is 5.89. The number of amides is 1. The summed E-state index contributed by atoms with van der Waals surface area (Å²) in [5, 5.41) is 9.52. The highest BCUT2D eigenvalue weighted by atomic mass is 16.4. The van der Waals surface area contributed by atoms with Crippen LogP contribution in [0.2, 0.25) is 0 Å². The van der Waals surface area contributed by atoms with E-state index in [9.17, 15) is 14.7 Å². The first kappa shape index (κ1) is 15.3. The molecule has 5 heteroatoms. The third kappa shape index (κ3) is 2.22. The van der Waals surface area contributed by atoms with Crippen LogP contribution in [-0.2, 0) is 9.59 Å². The van der Waals surface area contributed by atoms with E-state index in [0.29, 0.717) is 12.5 Å². The van der Waals surface area contributed by atoms with E-state index in [1.54, 1.807) is 4.90 Å². The largest absolute Gasteiger partial charge is 0.480 e. The van der Waals surface area contributed by atoms with Crippen LogP contribution < -0.4 is 5.73 Å². The molecule has 5 nitrogen and oxygen atoms in total. The van der Waals surface area contributed by atoms with Gasteiger partial charge in [0.2, 0.25) is 5.91 Å². The Labute approximate surface area is 120 Å². The number of nitrogens with zero attached hydrogens (tertiary/aromatic N) is 1. The summed E-state index contributed by atoms with van der Waals surface area (Å²) in [5.41, 5.74) is 4.66. The summed E-state index contributed by atoms with van der Waals surface area (Å²) in [6, 6.07) is -0.670. The molecule has 1 amide bonds. The van der Waals surface area contributed by atoms with Gasteiger partial charge in [0.25, 0.3) is 0 Å². The molecule has 1 saturated heterocycles. The molecule has 3 atom stereocenters. The Morgan fingerprint density at radius 3 is 2.30 bits per heavy atom. The average Bonchev–Trinajstić information content (AvgIpc) is 2.84. The van der Waals surface area contributed by atoms with Crippen LogP contribution in [0.4, 0.5) is 0 Å². The predicted molar refractivity (Wildman–Crippen MR) is 76.0 cm³/mol. The monoisotopic (exact) mass is 282 g/mol. The van der Waals surface area contributed by atoms with Crippen LogP contribution in [0.15, 0.2) is 0 Å². The number of carbonyl (C=O) groups excluding carboxylic acids is 1. The van der Waals surface area contributed by atoms with E-state index < -0.39 is 23.0 Å². The molecule has 1 aliphatic heterocycles. The molecule has 2 aliphatic rings. The van der Waals surface area contributed by atoms with Gasteiger partial charge in [-0.1, -0.05) is 6.42 Å². The molecule has 0 spiro atoms. The summed E-state index contributed by atoms with van der Waals surface area (Å²) in [6.45, 7) is 7.82. The molecule has 1 saturated carbocycles. The van der Waals surface area contributed by atoms with Crippen LogP contribution in [0.5, 0.6) is 0 Å². The molecule has 1 heterocycles. The molecule has 0 aromatic carbocycles. The normalized spacial score (nSPS) is 30.4. The fourth-order valence-electron chi connectivity index (χ4n) is 3.47. The van der Waals surface area contributed by atoms with Crippen molar-refractivity contribution in [2.45, 2.75) is 58.5 Å². The van der Waals surface area contributed by atoms with Gasteiger partial charge >= 0.3 is 5.97 Å². The van der Waals surface area contributed by atoms with E-state index >= 15 is 0 Å². The number of hydrogen-bond donors (Lipinski definition) is 2. The zero-order valence-corrected chi connectivity index (χ0v) is 12.8. The lowest BCUT2D eigenvalue weighted by atomic mass is 9.74. The first-order valence-electron chi connectivity index (χ1n) is 7.40. The molecule has 3 N–H and O–H groups in total. The van der Waals surface area contributed by atoms with Crippen molar-refractivity contribution in [1.29, 1.82) is 0 Å². The van der Waals surface area contributed by atoms with E-state index in [1.807, 2.05) is 27.7 Å². The minimum atomic E-state index is -0.877. The first-order valence-corrected chi connectivity index (χ1v) is 7.40. The van der Waals surface area contributed by atoms with E-state index in [0.717, 1.165) is 19.3 Å². The highest BCUT2D eigenvalue weighted by Gasteiger charge is 2.53. The second kappa shape index (κ2) is 4.72. The van der Waals surface area contributed by atoms with Crippen LogP contribution in [0.1, 0.15) is 47.0 Å². The van der Waals surface area contributed by atoms with Gasteiger partial charge < -0.3 is 15.7 Å². The number of carboxylic acids is 1. The number of carbonyl (C=O) groups is 2. The Bertz CT molecular complexity index is 425. The summed E-state index contributed by atoms with van der Waals surface area (Å²) < 4.78 is 0. The van der Waals surface area contributed by atoms with Crippen LogP contribution >= 0.6 is 0 Å².